The van der Waals surface area contributed by atoms with Crippen molar-refractivity contribution < 1.29 is 27.1 Å². The van der Waals surface area contributed by atoms with Gasteiger partial charge < -0.3 is 14.2 Å². The predicted octanol–water partition coefficient (Wildman–Crippen LogP) is 4.65. The number of rotatable bonds is 10. The summed E-state index contributed by atoms with van der Waals surface area (Å²) in [6.07, 6.45) is 3.00. The highest BCUT2D eigenvalue weighted by Gasteiger charge is 2.22. The number of hydrogen-bond acceptors (Lipinski definition) is 8. The van der Waals surface area contributed by atoms with Crippen molar-refractivity contribution in [1.29, 1.82) is 5.26 Å². The number of methoxy groups -OCH3 is 1. The summed E-state index contributed by atoms with van der Waals surface area (Å²) in [6.45, 7) is 3.68. The van der Waals surface area contributed by atoms with Gasteiger partial charge in [0.05, 0.1) is 12.0 Å². The maximum absolute atomic E-state index is 12.8. The average Bonchev–Trinajstić information content (AvgIpc) is 2.89. The average molecular weight is 520 g/mol. The first-order valence-electron chi connectivity index (χ1n) is 10.7. The number of ether oxygens (including phenoxy) is 1. The monoisotopic (exact) mass is 519 g/mol. The first kappa shape index (κ1) is 26.7. The lowest BCUT2D eigenvalue weighted by molar-refractivity contribution is -0.384. The first-order valence-corrected chi connectivity index (χ1v) is 12.1. The molecule has 0 saturated heterocycles. The van der Waals surface area contributed by atoms with E-state index in [-0.39, 0.29) is 39.8 Å². The number of carbonyl (C=O) groups excluding carboxylic acids is 1. The number of nitrogens with one attached hydrogen (secondary N) is 1. The van der Waals surface area contributed by atoms with E-state index in [1.165, 1.54) is 61.7 Å². The first-order chi connectivity index (χ1) is 17.7. The van der Waals surface area contributed by atoms with E-state index in [1.54, 1.807) is 24.3 Å². The van der Waals surface area contributed by atoms with E-state index in [9.17, 15) is 28.6 Å². The molecule has 0 radical (unpaired) electrons. The molecule has 188 valence electrons. The maximum atomic E-state index is 12.8. The maximum Gasteiger partial charge on any atom is 0.339 e. The molecule has 1 N–H and O–H groups in total. The summed E-state index contributed by atoms with van der Waals surface area (Å²) in [5, 5.41) is 23.0. The second-order valence-corrected chi connectivity index (χ2v) is 9.03. The number of anilines is 1. The molecule has 0 aliphatic heterocycles. The molecule has 0 aromatic heterocycles. The quantitative estimate of drug-likeness (QED) is 0.102. The van der Waals surface area contributed by atoms with Crippen molar-refractivity contribution >= 4 is 33.5 Å². The third-order valence-electron chi connectivity index (χ3n) is 4.95. The van der Waals surface area contributed by atoms with Gasteiger partial charge in [-0.1, -0.05) is 30.3 Å². The van der Waals surface area contributed by atoms with Crippen molar-refractivity contribution in [3.8, 4) is 17.6 Å². The Morgan fingerprint density at radius 1 is 1.16 bits per heavy atom. The summed E-state index contributed by atoms with van der Waals surface area (Å²) in [7, 11) is -2.86. The van der Waals surface area contributed by atoms with Crippen LogP contribution < -0.4 is 14.2 Å². The van der Waals surface area contributed by atoms with Crippen molar-refractivity contribution in [1.82, 2.24) is 0 Å². The van der Waals surface area contributed by atoms with E-state index in [4.69, 9.17) is 8.92 Å². The van der Waals surface area contributed by atoms with Crippen LogP contribution in [0.15, 0.2) is 89.9 Å². The number of amides is 1. The smallest absolute Gasteiger partial charge is 0.339 e. The minimum atomic E-state index is -4.18. The van der Waals surface area contributed by atoms with Gasteiger partial charge in [0.15, 0.2) is 11.5 Å². The minimum Gasteiger partial charge on any atom is -0.493 e. The molecule has 3 aromatic rings. The van der Waals surface area contributed by atoms with Crippen molar-refractivity contribution in [2.24, 2.45) is 0 Å². The molecule has 0 fully saturated rings. The number of hydrogen-bond donors (Lipinski definition) is 1. The zero-order valence-electron chi connectivity index (χ0n) is 19.6. The molecule has 0 unspecified atom stereocenters. The van der Waals surface area contributed by atoms with Crippen LogP contribution in [0.5, 0.6) is 11.5 Å². The van der Waals surface area contributed by atoms with E-state index in [1.807, 2.05) is 0 Å². The van der Waals surface area contributed by atoms with Gasteiger partial charge in [0.2, 0.25) is 0 Å². The van der Waals surface area contributed by atoms with Gasteiger partial charge in [-0.25, -0.2) is 0 Å². The number of nitro groups is 1. The van der Waals surface area contributed by atoms with Crippen molar-refractivity contribution in [2.75, 3.05) is 12.4 Å². The third-order valence-corrected chi connectivity index (χ3v) is 6.19. The SMILES string of the molecule is C=CCc1cc(/C=C(\C#N)C(=O)Nc2cccc([N+](=O)[O-])c2)cc(OC)c1OS(=O)(=O)c1ccccc1. The van der Waals surface area contributed by atoms with E-state index >= 15 is 0 Å². The third kappa shape index (κ3) is 6.59. The molecule has 3 rings (SSSR count). The molecular weight excluding hydrogens is 498 g/mol. The molecule has 0 bridgehead atoms. The van der Waals surface area contributed by atoms with Gasteiger partial charge >= 0.3 is 10.1 Å². The Kier molecular flexibility index (Phi) is 8.39. The Bertz CT molecular complexity index is 1530. The van der Waals surface area contributed by atoms with Crippen LogP contribution in [0, 0.1) is 21.4 Å². The van der Waals surface area contributed by atoms with Gasteiger partial charge in [0.25, 0.3) is 11.6 Å². The van der Waals surface area contributed by atoms with Crippen LogP contribution in [-0.4, -0.2) is 26.4 Å². The van der Waals surface area contributed by atoms with Crippen LogP contribution in [0.2, 0.25) is 0 Å². The summed E-state index contributed by atoms with van der Waals surface area (Å²) in [4.78, 5) is 23.0. The van der Waals surface area contributed by atoms with Crippen molar-refractivity contribution in [3.63, 3.8) is 0 Å². The number of allylic oxidation sites excluding steroid dienone is 1. The van der Waals surface area contributed by atoms with Crippen LogP contribution in [0.4, 0.5) is 11.4 Å². The predicted molar refractivity (Wildman–Crippen MR) is 136 cm³/mol. The number of benzene rings is 3. The highest BCUT2D eigenvalue weighted by atomic mass is 32.2. The van der Waals surface area contributed by atoms with E-state index in [2.05, 4.69) is 11.9 Å². The molecule has 3 aromatic carbocycles. The Morgan fingerprint density at radius 3 is 2.51 bits per heavy atom. The van der Waals surface area contributed by atoms with Crippen molar-refractivity contribution in [3.05, 3.63) is 106 Å². The van der Waals surface area contributed by atoms with Gasteiger partial charge in [-0.3, -0.25) is 14.9 Å². The number of carbonyl (C=O) groups is 1. The second-order valence-electron chi connectivity index (χ2n) is 7.49. The largest absolute Gasteiger partial charge is 0.493 e. The molecule has 0 aliphatic carbocycles. The summed E-state index contributed by atoms with van der Waals surface area (Å²) in [5.74, 6) is -0.788. The molecule has 0 spiro atoms. The number of non-ortho nitro benzene ring substituents is 1. The topological polar surface area (TPSA) is 149 Å². The molecule has 0 saturated carbocycles. The van der Waals surface area contributed by atoms with Gasteiger partial charge in [0.1, 0.15) is 16.5 Å². The zero-order chi connectivity index (χ0) is 27.0. The van der Waals surface area contributed by atoms with Crippen LogP contribution in [0.25, 0.3) is 6.08 Å². The molecule has 0 heterocycles. The van der Waals surface area contributed by atoms with E-state index in [0.717, 1.165) is 6.07 Å². The second kappa shape index (κ2) is 11.7. The van der Waals surface area contributed by atoms with Crippen LogP contribution in [-0.2, 0) is 21.3 Å². The summed E-state index contributed by atoms with van der Waals surface area (Å²) < 4.78 is 36.4. The molecule has 11 heteroatoms. The normalized spacial score (nSPS) is 11.2. The molecule has 0 atom stereocenters. The van der Waals surface area contributed by atoms with Crippen LogP contribution >= 0.6 is 0 Å². The molecular formula is C26H21N3O7S. The molecule has 37 heavy (non-hydrogen) atoms. The minimum absolute atomic E-state index is 0.0461. The fraction of sp³-hybridized carbons (Fsp3) is 0.0769. The lowest BCUT2D eigenvalue weighted by atomic mass is 10.0. The van der Waals surface area contributed by atoms with Gasteiger partial charge in [-0.15, -0.1) is 6.58 Å². The summed E-state index contributed by atoms with van der Waals surface area (Å²) in [6, 6.07) is 17.6. The summed E-state index contributed by atoms with van der Waals surface area (Å²) in [5.41, 5.74) is 0.351. The molecule has 10 nitrogen and oxygen atoms in total. The molecule has 0 aliphatic rings. The van der Waals surface area contributed by atoms with E-state index < -0.39 is 20.9 Å². The van der Waals surface area contributed by atoms with Gasteiger partial charge in [-0.05, 0) is 48.4 Å². The van der Waals surface area contributed by atoms with Crippen LogP contribution in [0.1, 0.15) is 11.1 Å². The Balaban J connectivity index is 1.98. The fourth-order valence-corrected chi connectivity index (χ4v) is 4.27. The molecule has 1 amide bonds. The van der Waals surface area contributed by atoms with Gasteiger partial charge in [0, 0.05) is 23.4 Å². The highest BCUT2D eigenvalue weighted by Crippen LogP contribution is 2.36. The standard InChI is InChI=1S/C26H21N3O7S/c1-3-8-19-13-18(14-20(17-27)26(30)28-21-9-7-10-22(16-21)29(31)32)15-24(35-2)25(19)36-37(33,34)23-11-5-4-6-12-23/h3-7,9-16H,1,8H2,2H3,(H,28,30)/b20-14+. The Morgan fingerprint density at radius 2 is 1.89 bits per heavy atom. The number of nitro benzene ring substituents is 1. The highest BCUT2D eigenvalue weighted by molar-refractivity contribution is 7.87. The van der Waals surface area contributed by atoms with E-state index in [0.29, 0.717) is 11.1 Å². The zero-order valence-corrected chi connectivity index (χ0v) is 20.4. The summed E-state index contributed by atoms with van der Waals surface area (Å²) >= 11 is 0. The Hall–Kier alpha value is -4.95. The lowest BCUT2D eigenvalue weighted by Crippen LogP contribution is -2.14. The van der Waals surface area contributed by atoms with Gasteiger partial charge in [-0.2, -0.15) is 13.7 Å². The Labute approximate surface area is 213 Å². The number of nitriles is 1. The van der Waals surface area contributed by atoms with Crippen molar-refractivity contribution in [2.45, 2.75) is 11.3 Å². The van der Waals surface area contributed by atoms with Crippen LogP contribution in [0.3, 0.4) is 0 Å². The number of nitrogens with zero attached hydrogens (tertiary/aromatic N) is 2. The fourth-order valence-electron chi connectivity index (χ4n) is 3.28. The lowest BCUT2D eigenvalue weighted by Gasteiger charge is -2.15.